The average Bonchev–Trinajstić information content (AvgIpc) is 2.77. The molecule has 0 amide bonds. The van der Waals surface area contributed by atoms with Crippen molar-refractivity contribution < 1.29 is 9.47 Å². The number of methoxy groups -OCH3 is 2. The minimum absolute atomic E-state index is 0.121. The summed E-state index contributed by atoms with van der Waals surface area (Å²) in [5.41, 5.74) is 8.51. The van der Waals surface area contributed by atoms with Gasteiger partial charge in [0.05, 0.1) is 14.2 Å². The summed E-state index contributed by atoms with van der Waals surface area (Å²) in [6.07, 6.45) is 0. The third kappa shape index (κ3) is 1.78. The molecular weight excluding hydrogens is 214 g/mol. The lowest BCUT2D eigenvalue weighted by Gasteiger charge is -2.15. The summed E-state index contributed by atoms with van der Waals surface area (Å²) in [6.45, 7) is 6.40. The highest BCUT2D eigenvalue weighted by atomic mass is 16.5. The van der Waals surface area contributed by atoms with E-state index in [0.29, 0.717) is 5.92 Å². The minimum atomic E-state index is 0.121. The zero-order chi connectivity index (χ0) is 12.8. The Morgan fingerprint density at radius 2 is 1.53 bits per heavy atom. The van der Waals surface area contributed by atoms with Crippen LogP contribution in [0.15, 0.2) is 12.1 Å². The first-order valence-electron chi connectivity index (χ1n) is 5.91. The Hall–Kier alpha value is -1.22. The van der Waals surface area contributed by atoms with Crippen LogP contribution < -0.4 is 15.2 Å². The molecule has 1 aromatic carbocycles. The lowest BCUT2D eigenvalue weighted by atomic mass is 9.99. The van der Waals surface area contributed by atoms with Gasteiger partial charge in [0.15, 0.2) is 0 Å². The number of hydrogen-bond acceptors (Lipinski definition) is 3. The Bertz CT molecular complexity index is 415. The number of aryl methyl sites for hydroxylation is 1. The molecule has 3 heteroatoms. The molecular formula is C14H21NO2. The van der Waals surface area contributed by atoms with Crippen molar-refractivity contribution in [3.8, 4) is 11.5 Å². The summed E-state index contributed by atoms with van der Waals surface area (Å²) < 4.78 is 11.0. The Morgan fingerprint density at radius 3 is 1.82 bits per heavy atom. The third-order valence-electron chi connectivity index (χ3n) is 3.91. The van der Waals surface area contributed by atoms with Crippen LogP contribution in [0.2, 0.25) is 0 Å². The van der Waals surface area contributed by atoms with Crippen molar-refractivity contribution in [2.24, 2.45) is 11.1 Å². The van der Waals surface area contributed by atoms with Crippen molar-refractivity contribution in [1.82, 2.24) is 0 Å². The maximum Gasteiger partial charge on any atom is 0.126 e. The van der Waals surface area contributed by atoms with Crippen LogP contribution in [0, 0.1) is 12.3 Å². The molecule has 0 aromatic heterocycles. The summed E-state index contributed by atoms with van der Waals surface area (Å²) in [6, 6.07) is 4.26. The van der Waals surface area contributed by atoms with Crippen LogP contribution in [0.1, 0.15) is 30.9 Å². The van der Waals surface area contributed by atoms with Gasteiger partial charge >= 0.3 is 0 Å². The van der Waals surface area contributed by atoms with Gasteiger partial charge in [0.25, 0.3) is 0 Å². The van der Waals surface area contributed by atoms with E-state index in [-0.39, 0.29) is 11.5 Å². The van der Waals surface area contributed by atoms with Crippen LogP contribution in [0.25, 0.3) is 0 Å². The molecule has 0 heterocycles. The molecule has 2 atom stereocenters. The molecule has 3 nitrogen and oxygen atoms in total. The Morgan fingerprint density at radius 1 is 1.12 bits per heavy atom. The molecule has 2 N–H and O–H groups in total. The fourth-order valence-corrected chi connectivity index (χ4v) is 2.61. The van der Waals surface area contributed by atoms with Gasteiger partial charge in [-0.25, -0.2) is 0 Å². The quantitative estimate of drug-likeness (QED) is 0.875. The maximum absolute atomic E-state index is 6.15. The van der Waals surface area contributed by atoms with E-state index in [2.05, 4.69) is 13.8 Å². The van der Waals surface area contributed by atoms with E-state index < -0.39 is 0 Å². The first-order valence-corrected chi connectivity index (χ1v) is 5.91. The fourth-order valence-electron chi connectivity index (χ4n) is 2.61. The van der Waals surface area contributed by atoms with E-state index in [0.717, 1.165) is 22.6 Å². The third-order valence-corrected chi connectivity index (χ3v) is 3.91. The summed E-state index contributed by atoms with van der Waals surface area (Å²) in [5, 5.41) is 0. The van der Waals surface area contributed by atoms with Crippen LogP contribution >= 0.6 is 0 Å². The second-order valence-corrected chi connectivity index (χ2v) is 5.41. The first kappa shape index (κ1) is 12.2. The normalized spacial score (nSPS) is 25.5. The van der Waals surface area contributed by atoms with Gasteiger partial charge in [0, 0.05) is 17.5 Å². The summed E-state index contributed by atoms with van der Waals surface area (Å²) in [7, 11) is 3.39. The average molecular weight is 235 g/mol. The largest absolute Gasteiger partial charge is 0.496 e. The minimum Gasteiger partial charge on any atom is -0.496 e. The van der Waals surface area contributed by atoms with E-state index in [4.69, 9.17) is 15.2 Å². The number of nitrogens with two attached hydrogens (primary N) is 1. The van der Waals surface area contributed by atoms with Crippen LogP contribution in [0.4, 0.5) is 0 Å². The second kappa shape index (κ2) is 3.91. The molecule has 1 aliphatic rings. The van der Waals surface area contributed by atoms with Gasteiger partial charge in [0.1, 0.15) is 11.5 Å². The fraction of sp³-hybridized carbons (Fsp3) is 0.571. The Balaban J connectivity index is 2.52. The molecule has 1 fully saturated rings. The van der Waals surface area contributed by atoms with Gasteiger partial charge in [-0.1, -0.05) is 13.8 Å². The molecule has 0 saturated heterocycles. The molecule has 0 aliphatic heterocycles. The smallest absolute Gasteiger partial charge is 0.126 e. The molecule has 0 bridgehead atoms. The van der Waals surface area contributed by atoms with Gasteiger partial charge in [0.2, 0.25) is 0 Å². The van der Waals surface area contributed by atoms with E-state index >= 15 is 0 Å². The zero-order valence-electron chi connectivity index (χ0n) is 11.2. The maximum atomic E-state index is 6.15. The van der Waals surface area contributed by atoms with E-state index in [9.17, 15) is 0 Å². The molecule has 1 saturated carbocycles. The number of benzene rings is 1. The Labute approximate surface area is 103 Å². The molecule has 0 spiro atoms. The highest BCUT2D eigenvalue weighted by molar-refractivity contribution is 5.54. The van der Waals surface area contributed by atoms with Crippen molar-refractivity contribution in [2.45, 2.75) is 32.7 Å². The number of rotatable bonds is 3. The number of ether oxygens (including phenoxy) is 2. The summed E-state index contributed by atoms with van der Waals surface area (Å²) >= 11 is 0. The predicted octanol–water partition coefficient (Wildman–Crippen LogP) is 2.46. The molecule has 1 aromatic rings. The van der Waals surface area contributed by atoms with Crippen molar-refractivity contribution in [2.75, 3.05) is 14.2 Å². The van der Waals surface area contributed by atoms with Crippen LogP contribution in [-0.2, 0) is 0 Å². The Kier molecular flexibility index (Phi) is 2.82. The molecule has 94 valence electrons. The van der Waals surface area contributed by atoms with Crippen molar-refractivity contribution in [1.29, 1.82) is 0 Å². The molecule has 0 unspecified atom stereocenters. The predicted molar refractivity (Wildman–Crippen MR) is 68.8 cm³/mol. The number of hydrogen-bond donors (Lipinski definition) is 1. The summed E-state index contributed by atoms with van der Waals surface area (Å²) in [4.78, 5) is 0. The van der Waals surface area contributed by atoms with Crippen molar-refractivity contribution >= 4 is 0 Å². The van der Waals surface area contributed by atoms with Gasteiger partial charge in [-0.3, -0.25) is 0 Å². The van der Waals surface area contributed by atoms with Crippen LogP contribution in [-0.4, -0.2) is 20.3 Å². The topological polar surface area (TPSA) is 44.5 Å². The van der Waals surface area contributed by atoms with Crippen LogP contribution in [0.5, 0.6) is 11.5 Å². The molecule has 2 rings (SSSR count). The van der Waals surface area contributed by atoms with E-state index in [1.165, 1.54) is 0 Å². The molecule has 1 aliphatic carbocycles. The SMILES string of the molecule is COc1cc(C)cc(OC)c1[C@@H]1[C@@H](N)C1(C)C. The van der Waals surface area contributed by atoms with Crippen LogP contribution in [0.3, 0.4) is 0 Å². The highest BCUT2D eigenvalue weighted by Crippen LogP contribution is 2.61. The molecule has 17 heavy (non-hydrogen) atoms. The monoisotopic (exact) mass is 235 g/mol. The highest BCUT2D eigenvalue weighted by Gasteiger charge is 2.58. The lowest BCUT2D eigenvalue weighted by molar-refractivity contribution is 0.382. The lowest BCUT2D eigenvalue weighted by Crippen LogP contribution is -2.06. The second-order valence-electron chi connectivity index (χ2n) is 5.41. The molecule has 0 radical (unpaired) electrons. The van der Waals surface area contributed by atoms with Gasteiger partial charge in [-0.2, -0.15) is 0 Å². The summed E-state index contributed by atoms with van der Waals surface area (Å²) in [5.74, 6) is 2.08. The van der Waals surface area contributed by atoms with Crippen molar-refractivity contribution in [3.63, 3.8) is 0 Å². The first-order chi connectivity index (χ1) is 7.93. The van der Waals surface area contributed by atoms with Gasteiger partial charge < -0.3 is 15.2 Å². The van der Waals surface area contributed by atoms with Gasteiger partial charge in [-0.15, -0.1) is 0 Å². The van der Waals surface area contributed by atoms with E-state index in [1.54, 1.807) is 14.2 Å². The zero-order valence-corrected chi connectivity index (χ0v) is 11.2. The van der Waals surface area contributed by atoms with E-state index in [1.807, 2.05) is 19.1 Å². The standard InChI is InChI=1S/C14H21NO2/c1-8-6-9(16-4)11(10(7-8)17-5)12-13(15)14(12,2)3/h6-7,12-13H,15H2,1-5H3/t12-,13-/m1/s1. The van der Waals surface area contributed by atoms with Crippen molar-refractivity contribution in [3.05, 3.63) is 23.3 Å². The van der Waals surface area contributed by atoms with Gasteiger partial charge in [-0.05, 0) is 30.0 Å².